The number of phenolic OH excluding ortho intramolecular Hbond substituents is 1. The van der Waals surface area contributed by atoms with Gasteiger partial charge in [0.25, 0.3) is 0 Å². The van der Waals surface area contributed by atoms with Crippen LogP contribution in [0.15, 0.2) is 12.1 Å². The van der Waals surface area contributed by atoms with Crippen molar-refractivity contribution in [1.82, 2.24) is 0 Å². The van der Waals surface area contributed by atoms with Crippen molar-refractivity contribution in [2.75, 3.05) is 14.2 Å². The Kier molecular flexibility index (Phi) is 2.96. The number of phenols is 1. The van der Waals surface area contributed by atoms with E-state index in [1.54, 1.807) is 0 Å². The van der Waals surface area contributed by atoms with Gasteiger partial charge in [0.1, 0.15) is 0 Å². The van der Waals surface area contributed by atoms with Gasteiger partial charge in [-0.2, -0.15) is 0 Å². The van der Waals surface area contributed by atoms with E-state index >= 15 is 0 Å². The normalized spacial score (nSPS) is 9.64. The van der Waals surface area contributed by atoms with Crippen LogP contribution in [-0.2, 0) is 0 Å². The Morgan fingerprint density at radius 2 is 1.93 bits per heavy atom. The van der Waals surface area contributed by atoms with E-state index in [9.17, 15) is 9.90 Å². The van der Waals surface area contributed by atoms with Crippen molar-refractivity contribution >= 4 is 5.78 Å². The second-order valence-electron chi connectivity index (χ2n) is 2.79. The lowest BCUT2D eigenvalue weighted by molar-refractivity contribution is 0.101. The van der Waals surface area contributed by atoms with E-state index < -0.39 is 0 Å². The molecule has 0 aliphatic heterocycles. The zero-order valence-corrected chi connectivity index (χ0v) is 8.33. The highest BCUT2D eigenvalue weighted by Gasteiger charge is 2.13. The first kappa shape index (κ1) is 10.4. The molecule has 0 radical (unpaired) electrons. The molecular weight excluding hydrogens is 184 g/mol. The van der Waals surface area contributed by atoms with Crippen molar-refractivity contribution in [2.45, 2.75) is 6.92 Å². The Morgan fingerprint density at radius 3 is 2.36 bits per heavy atom. The van der Waals surface area contributed by atoms with Gasteiger partial charge < -0.3 is 14.6 Å². The molecule has 0 spiro atoms. The predicted octanol–water partition coefficient (Wildman–Crippen LogP) is 1.61. The highest BCUT2D eigenvalue weighted by Crippen LogP contribution is 2.37. The largest absolute Gasteiger partial charge is 0.504 e. The highest BCUT2D eigenvalue weighted by atomic mass is 16.5. The van der Waals surface area contributed by atoms with Gasteiger partial charge in [-0.05, 0) is 19.1 Å². The fourth-order valence-electron chi connectivity index (χ4n) is 1.15. The van der Waals surface area contributed by atoms with Crippen LogP contribution in [0.25, 0.3) is 0 Å². The van der Waals surface area contributed by atoms with Crippen molar-refractivity contribution < 1.29 is 19.4 Å². The molecule has 0 aliphatic rings. The van der Waals surface area contributed by atoms with Gasteiger partial charge in [-0.15, -0.1) is 0 Å². The topological polar surface area (TPSA) is 55.8 Å². The second-order valence-corrected chi connectivity index (χ2v) is 2.79. The highest BCUT2D eigenvalue weighted by molar-refractivity contribution is 5.95. The summed E-state index contributed by atoms with van der Waals surface area (Å²) in [4.78, 5) is 11.1. The van der Waals surface area contributed by atoms with Crippen molar-refractivity contribution in [3.8, 4) is 17.2 Å². The molecule has 0 unspecified atom stereocenters. The summed E-state index contributed by atoms with van der Waals surface area (Å²) < 4.78 is 9.89. The van der Waals surface area contributed by atoms with Gasteiger partial charge >= 0.3 is 0 Å². The summed E-state index contributed by atoms with van der Waals surface area (Å²) in [6, 6.07) is 2.88. The number of ketones is 1. The molecule has 0 bridgehead atoms. The molecule has 0 aromatic heterocycles. The molecule has 0 aliphatic carbocycles. The van der Waals surface area contributed by atoms with Crippen molar-refractivity contribution in [3.63, 3.8) is 0 Å². The van der Waals surface area contributed by atoms with Crippen LogP contribution in [0.1, 0.15) is 17.3 Å². The summed E-state index contributed by atoms with van der Waals surface area (Å²) in [5.74, 6) is 0.341. The number of rotatable bonds is 3. The maximum absolute atomic E-state index is 11.1. The fraction of sp³-hybridized carbons (Fsp3) is 0.300. The predicted molar refractivity (Wildman–Crippen MR) is 51.2 cm³/mol. The van der Waals surface area contributed by atoms with Crippen molar-refractivity contribution in [2.24, 2.45) is 0 Å². The molecule has 0 saturated heterocycles. The summed E-state index contributed by atoms with van der Waals surface area (Å²) >= 11 is 0. The van der Waals surface area contributed by atoms with Crippen LogP contribution in [0, 0.1) is 0 Å². The van der Waals surface area contributed by atoms with E-state index in [-0.39, 0.29) is 17.3 Å². The van der Waals surface area contributed by atoms with Crippen LogP contribution in [0.2, 0.25) is 0 Å². The average Bonchev–Trinajstić information content (AvgIpc) is 2.16. The average molecular weight is 196 g/mol. The summed E-state index contributed by atoms with van der Waals surface area (Å²) in [6.07, 6.45) is 0. The first-order valence-electron chi connectivity index (χ1n) is 4.06. The fourth-order valence-corrected chi connectivity index (χ4v) is 1.15. The van der Waals surface area contributed by atoms with Crippen molar-refractivity contribution in [1.29, 1.82) is 0 Å². The van der Waals surface area contributed by atoms with Gasteiger partial charge in [0.15, 0.2) is 17.3 Å². The lowest BCUT2D eigenvalue weighted by Crippen LogP contribution is -1.96. The minimum absolute atomic E-state index is 0.1000. The SMILES string of the molecule is COc1cc(C(C)=O)cc(O)c1OC. The minimum Gasteiger partial charge on any atom is -0.504 e. The number of carbonyl (C=O) groups excluding carboxylic acids is 1. The van der Waals surface area contributed by atoms with E-state index in [1.807, 2.05) is 0 Å². The summed E-state index contributed by atoms with van der Waals surface area (Å²) in [5.41, 5.74) is 0.389. The maximum Gasteiger partial charge on any atom is 0.203 e. The molecule has 0 atom stereocenters. The first-order chi connectivity index (χ1) is 6.60. The molecule has 1 N–H and O–H groups in total. The Balaban J connectivity index is 3.31. The quantitative estimate of drug-likeness (QED) is 0.746. The van der Waals surface area contributed by atoms with Crippen LogP contribution in [0.3, 0.4) is 0 Å². The van der Waals surface area contributed by atoms with Gasteiger partial charge in [-0.3, -0.25) is 4.79 Å². The van der Waals surface area contributed by atoms with Crippen LogP contribution in [0.4, 0.5) is 0 Å². The summed E-state index contributed by atoms with van der Waals surface area (Å²) in [6.45, 7) is 1.42. The molecule has 14 heavy (non-hydrogen) atoms. The van der Waals surface area contributed by atoms with E-state index in [0.29, 0.717) is 11.3 Å². The molecule has 4 nitrogen and oxygen atoms in total. The first-order valence-corrected chi connectivity index (χ1v) is 4.06. The molecule has 0 heterocycles. The number of aromatic hydroxyl groups is 1. The molecule has 1 aromatic rings. The summed E-state index contributed by atoms with van der Waals surface area (Å²) in [7, 11) is 2.87. The third-order valence-corrected chi connectivity index (χ3v) is 1.87. The molecular formula is C10H12O4. The lowest BCUT2D eigenvalue weighted by Gasteiger charge is -2.10. The van der Waals surface area contributed by atoms with Gasteiger partial charge in [-0.25, -0.2) is 0 Å². The second kappa shape index (κ2) is 4.00. The number of Topliss-reactive ketones (excluding diaryl/α,β-unsaturated/α-hetero) is 1. The van der Waals surface area contributed by atoms with Crippen molar-refractivity contribution in [3.05, 3.63) is 17.7 Å². The number of hydrogen-bond acceptors (Lipinski definition) is 4. The Labute approximate surface area is 82.1 Å². The molecule has 4 heteroatoms. The van der Waals surface area contributed by atoms with E-state index in [1.165, 1.54) is 33.3 Å². The number of hydrogen-bond donors (Lipinski definition) is 1. The standard InChI is InChI=1S/C10H12O4/c1-6(11)7-4-8(12)10(14-3)9(5-7)13-2/h4-5,12H,1-3H3. The smallest absolute Gasteiger partial charge is 0.203 e. The molecule has 0 fully saturated rings. The zero-order valence-electron chi connectivity index (χ0n) is 8.33. The molecule has 1 aromatic carbocycles. The zero-order chi connectivity index (χ0) is 10.7. The van der Waals surface area contributed by atoms with Crippen LogP contribution in [0.5, 0.6) is 17.2 Å². The van der Waals surface area contributed by atoms with Crippen LogP contribution in [-0.4, -0.2) is 25.1 Å². The lowest BCUT2D eigenvalue weighted by atomic mass is 10.1. The third-order valence-electron chi connectivity index (χ3n) is 1.87. The molecule has 76 valence electrons. The van der Waals surface area contributed by atoms with Gasteiger partial charge in [0.05, 0.1) is 14.2 Å². The van der Waals surface area contributed by atoms with E-state index in [0.717, 1.165) is 0 Å². The van der Waals surface area contributed by atoms with Crippen LogP contribution >= 0.6 is 0 Å². The Hall–Kier alpha value is -1.71. The minimum atomic E-state index is -0.138. The van der Waals surface area contributed by atoms with E-state index in [2.05, 4.69) is 0 Å². The van der Waals surface area contributed by atoms with E-state index in [4.69, 9.17) is 9.47 Å². The Bertz CT molecular complexity index is 357. The monoisotopic (exact) mass is 196 g/mol. The van der Waals surface area contributed by atoms with Gasteiger partial charge in [0.2, 0.25) is 5.75 Å². The number of benzene rings is 1. The van der Waals surface area contributed by atoms with Crippen LogP contribution < -0.4 is 9.47 Å². The molecule has 0 amide bonds. The maximum atomic E-state index is 11.1. The van der Waals surface area contributed by atoms with Gasteiger partial charge in [-0.1, -0.05) is 0 Å². The number of carbonyl (C=O) groups is 1. The number of ether oxygens (including phenoxy) is 2. The molecule has 0 saturated carbocycles. The number of methoxy groups -OCH3 is 2. The summed E-state index contributed by atoms with van der Waals surface area (Å²) in [5, 5.41) is 9.49. The molecule has 1 rings (SSSR count). The Morgan fingerprint density at radius 1 is 1.29 bits per heavy atom. The van der Waals surface area contributed by atoms with Gasteiger partial charge in [0, 0.05) is 5.56 Å². The third kappa shape index (κ3) is 1.79.